The summed E-state index contributed by atoms with van der Waals surface area (Å²) in [5.41, 5.74) is 7.85. The second kappa shape index (κ2) is 9.87. The van der Waals surface area contributed by atoms with Gasteiger partial charge in [-0.3, -0.25) is 14.4 Å². The first-order valence-electron chi connectivity index (χ1n) is 11.4. The van der Waals surface area contributed by atoms with Gasteiger partial charge in [0.1, 0.15) is 6.04 Å². The van der Waals surface area contributed by atoms with Crippen molar-refractivity contribution in [1.29, 1.82) is 0 Å². The van der Waals surface area contributed by atoms with Crippen LogP contribution >= 0.6 is 11.8 Å². The molecule has 174 valence electrons. The number of thioether (sulfide) groups is 1. The Hall–Kier alpha value is -3.00. The van der Waals surface area contributed by atoms with Crippen LogP contribution in [0.25, 0.3) is 21.8 Å². The number of benzene rings is 2. The summed E-state index contributed by atoms with van der Waals surface area (Å²) in [7, 11) is 0. The number of primary amides is 1. The van der Waals surface area contributed by atoms with Crippen molar-refractivity contribution in [2.45, 2.75) is 44.2 Å². The van der Waals surface area contributed by atoms with Crippen LogP contribution in [0.2, 0.25) is 0 Å². The van der Waals surface area contributed by atoms with Gasteiger partial charge in [0.25, 0.3) is 0 Å². The molecule has 0 spiro atoms. The Morgan fingerprint density at radius 1 is 1.15 bits per heavy atom. The van der Waals surface area contributed by atoms with Crippen LogP contribution in [0, 0.1) is 5.92 Å². The monoisotopic (exact) mass is 466 g/mol. The fourth-order valence-electron chi connectivity index (χ4n) is 4.69. The van der Waals surface area contributed by atoms with E-state index in [-0.39, 0.29) is 23.6 Å². The Labute approximate surface area is 197 Å². The molecule has 1 fully saturated rings. The maximum atomic E-state index is 13.2. The fourth-order valence-corrected chi connectivity index (χ4v) is 5.64. The lowest BCUT2D eigenvalue weighted by molar-refractivity contribution is -0.138. The Morgan fingerprint density at radius 3 is 2.64 bits per heavy atom. The molecular formula is C25H30N4O3S. The molecular weight excluding hydrogens is 436 g/mol. The van der Waals surface area contributed by atoms with Gasteiger partial charge in [-0.25, -0.2) is 0 Å². The molecule has 2 aromatic carbocycles. The normalized spacial score (nSPS) is 17.3. The highest BCUT2D eigenvalue weighted by Crippen LogP contribution is 2.32. The van der Waals surface area contributed by atoms with Crippen LogP contribution < -0.4 is 11.1 Å². The van der Waals surface area contributed by atoms with E-state index in [1.54, 1.807) is 16.7 Å². The minimum Gasteiger partial charge on any atom is -0.369 e. The molecule has 2 heterocycles. The second-order valence-corrected chi connectivity index (χ2v) is 9.62. The van der Waals surface area contributed by atoms with Crippen molar-refractivity contribution in [2.24, 2.45) is 11.7 Å². The van der Waals surface area contributed by atoms with Crippen molar-refractivity contribution in [2.75, 3.05) is 18.8 Å². The number of nitrogens with zero attached hydrogens (tertiary/aromatic N) is 2. The zero-order chi connectivity index (χ0) is 23.5. The van der Waals surface area contributed by atoms with E-state index in [0.717, 1.165) is 17.9 Å². The molecule has 33 heavy (non-hydrogen) atoms. The zero-order valence-corrected chi connectivity index (χ0v) is 19.9. The number of aromatic nitrogens is 1. The first-order valence-corrected chi connectivity index (χ1v) is 12.4. The van der Waals surface area contributed by atoms with E-state index in [9.17, 15) is 14.4 Å². The summed E-state index contributed by atoms with van der Waals surface area (Å²) in [6.45, 7) is 5.33. The van der Waals surface area contributed by atoms with Crippen LogP contribution in [-0.2, 0) is 20.9 Å². The van der Waals surface area contributed by atoms with Crippen molar-refractivity contribution < 1.29 is 14.4 Å². The average Bonchev–Trinajstić information content (AvgIpc) is 3.14. The van der Waals surface area contributed by atoms with Gasteiger partial charge >= 0.3 is 0 Å². The molecule has 2 atom stereocenters. The molecule has 1 aliphatic heterocycles. The molecule has 3 N–H and O–H groups in total. The number of hydrogen-bond donors (Lipinski definition) is 2. The van der Waals surface area contributed by atoms with E-state index in [0.29, 0.717) is 25.3 Å². The van der Waals surface area contributed by atoms with Gasteiger partial charge in [0.05, 0.1) is 5.92 Å². The molecule has 7 nitrogen and oxygen atoms in total. The second-order valence-electron chi connectivity index (χ2n) is 8.53. The molecule has 0 radical (unpaired) electrons. The minimum absolute atomic E-state index is 0.160. The molecule has 2 unspecified atom stereocenters. The highest BCUT2D eigenvalue weighted by atomic mass is 32.2. The van der Waals surface area contributed by atoms with Crippen molar-refractivity contribution in [3.05, 3.63) is 42.5 Å². The van der Waals surface area contributed by atoms with Crippen LogP contribution in [0.3, 0.4) is 0 Å². The Morgan fingerprint density at radius 2 is 1.91 bits per heavy atom. The summed E-state index contributed by atoms with van der Waals surface area (Å²) in [5.74, 6) is -0.705. The molecule has 4 rings (SSSR count). The number of rotatable bonds is 7. The number of aryl methyl sites for hydroxylation is 1. The summed E-state index contributed by atoms with van der Waals surface area (Å²) in [6, 6.07) is 14.1. The molecule has 3 aromatic rings. The van der Waals surface area contributed by atoms with E-state index in [1.165, 1.54) is 28.7 Å². The Balaban J connectivity index is 1.54. The highest BCUT2D eigenvalue weighted by Gasteiger charge is 2.31. The van der Waals surface area contributed by atoms with Gasteiger partial charge in [-0.1, -0.05) is 18.2 Å². The lowest BCUT2D eigenvalue weighted by atomic mass is 9.97. The topological polar surface area (TPSA) is 97.4 Å². The standard InChI is InChI=1S/C25H30N4O3S/c1-3-29-22-9-5-4-8-19(22)20-13-18(10-11-23(20)29)33-15-21(27-16(2)30)25(32)28-12-6-7-17(14-28)24(26)31/h4-5,8-11,13,17,21H,3,6-7,12,14-15H2,1-2H3,(H2,26,31)(H,27,30). The van der Waals surface area contributed by atoms with Crippen LogP contribution in [0.15, 0.2) is 47.4 Å². The summed E-state index contributed by atoms with van der Waals surface area (Å²) in [4.78, 5) is 39.3. The number of nitrogens with one attached hydrogen (secondary N) is 1. The molecule has 0 aliphatic carbocycles. The first-order chi connectivity index (χ1) is 15.9. The number of hydrogen-bond acceptors (Lipinski definition) is 4. The number of amides is 3. The van der Waals surface area contributed by atoms with Gasteiger partial charge in [0.15, 0.2) is 0 Å². The minimum atomic E-state index is -0.660. The average molecular weight is 467 g/mol. The number of nitrogens with two attached hydrogens (primary N) is 1. The number of fused-ring (bicyclic) bond motifs is 3. The number of carbonyl (C=O) groups excluding carboxylic acids is 3. The maximum Gasteiger partial charge on any atom is 0.246 e. The number of piperidine rings is 1. The largest absolute Gasteiger partial charge is 0.369 e. The number of carbonyl (C=O) groups is 3. The molecule has 0 bridgehead atoms. The molecule has 1 saturated heterocycles. The van der Waals surface area contributed by atoms with Gasteiger partial charge in [-0.2, -0.15) is 0 Å². The van der Waals surface area contributed by atoms with Crippen LogP contribution in [0.4, 0.5) is 0 Å². The van der Waals surface area contributed by atoms with Gasteiger partial charge in [0, 0.05) is 59.0 Å². The fraction of sp³-hybridized carbons (Fsp3) is 0.400. The third-order valence-electron chi connectivity index (χ3n) is 6.29. The van der Waals surface area contributed by atoms with Crippen molar-refractivity contribution in [1.82, 2.24) is 14.8 Å². The molecule has 1 aliphatic rings. The van der Waals surface area contributed by atoms with Crippen LogP contribution in [0.5, 0.6) is 0 Å². The van der Waals surface area contributed by atoms with Crippen molar-refractivity contribution in [3.63, 3.8) is 0 Å². The molecule has 8 heteroatoms. The molecule has 3 amide bonds. The quantitative estimate of drug-likeness (QED) is 0.523. The van der Waals surface area contributed by atoms with E-state index >= 15 is 0 Å². The first kappa shape index (κ1) is 23.2. The van der Waals surface area contributed by atoms with Crippen LogP contribution in [0.1, 0.15) is 26.7 Å². The summed E-state index contributed by atoms with van der Waals surface area (Å²) in [5, 5.41) is 5.19. The lowest BCUT2D eigenvalue weighted by Gasteiger charge is -2.33. The third-order valence-corrected chi connectivity index (χ3v) is 7.38. The summed E-state index contributed by atoms with van der Waals surface area (Å²) in [6.07, 6.45) is 1.43. The lowest BCUT2D eigenvalue weighted by Crippen LogP contribution is -2.53. The van der Waals surface area contributed by atoms with E-state index in [2.05, 4.69) is 53.2 Å². The maximum absolute atomic E-state index is 13.2. The summed E-state index contributed by atoms with van der Waals surface area (Å²) >= 11 is 1.55. The SMILES string of the molecule is CCn1c2ccccc2c2cc(SCC(NC(C)=O)C(=O)N3CCCC(C(N)=O)C3)ccc21. The number of para-hydroxylation sites is 1. The third kappa shape index (κ3) is 4.85. The van der Waals surface area contributed by atoms with E-state index in [1.807, 2.05) is 6.07 Å². The molecule has 1 aromatic heterocycles. The van der Waals surface area contributed by atoms with Gasteiger partial charge in [-0.15, -0.1) is 11.8 Å². The molecule has 0 saturated carbocycles. The Kier molecular flexibility index (Phi) is 6.93. The van der Waals surface area contributed by atoms with Gasteiger partial charge in [-0.05, 0) is 44.0 Å². The highest BCUT2D eigenvalue weighted by molar-refractivity contribution is 7.99. The smallest absolute Gasteiger partial charge is 0.246 e. The number of likely N-dealkylation sites (tertiary alicyclic amines) is 1. The van der Waals surface area contributed by atoms with Crippen molar-refractivity contribution >= 4 is 51.3 Å². The van der Waals surface area contributed by atoms with Gasteiger partial charge in [0.2, 0.25) is 17.7 Å². The van der Waals surface area contributed by atoms with Crippen LogP contribution in [-0.4, -0.2) is 52.1 Å². The van der Waals surface area contributed by atoms with Gasteiger partial charge < -0.3 is 20.5 Å². The zero-order valence-electron chi connectivity index (χ0n) is 19.0. The Bertz CT molecular complexity index is 1210. The predicted molar refractivity (Wildman–Crippen MR) is 132 cm³/mol. The van der Waals surface area contributed by atoms with E-state index < -0.39 is 6.04 Å². The predicted octanol–water partition coefficient (Wildman–Crippen LogP) is 3.14. The van der Waals surface area contributed by atoms with Crippen molar-refractivity contribution in [3.8, 4) is 0 Å². The van der Waals surface area contributed by atoms with E-state index in [4.69, 9.17) is 5.73 Å². The summed E-state index contributed by atoms with van der Waals surface area (Å²) < 4.78 is 2.30.